The Kier molecular flexibility index (Phi) is 5.84. The molecule has 0 bridgehead atoms. The lowest BCUT2D eigenvalue weighted by Crippen LogP contribution is -2.30. The first-order valence-electron chi connectivity index (χ1n) is 9.30. The molecule has 0 unspecified atom stereocenters. The van der Waals surface area contributed by atoms with Gasteiger partial charge in [-0.05, 0) is 38.8 Å². The highest BCUT2D eigenvalue weighted by atomic mass is 16.5. The maximum absolute atomic E-state index is 12.0. The van der Waals surface area contributed by atoms with E-state index in [2.05, 4.69) is 5.32 Å². The second kappa shape index (κ2) is 8.29. The van der Waals surface area contributed by atoms with Crippen LogP contribution in [0.2, 0.25) is 0 Å². The van der Waals surface area contributed by atoms with Gasteiger partial charge in [0.15, 0.2) is 18.1 Å². The second-order valence-corrected chi connectivity index (χ2v) is 7.36. The molecule has 0 atom stereocenters. The van der Waals surface area contributed by atoms with Crippen molar-refractivity contribution in [2.24, 2.45) is 0 Å². The van der Waals surface area contributed by atoms with Crippen LogP contribution in [0.5, 0.6) is 11.5 Å². The van der Waals surface area contributed by atoms with Gasteiger partial charge in [0, 0.05) is 37.3 Å². The first-order chi connectivity index (χ1) is 12.9. The first kappa shape index (κ1) is 19.0. The van der Waals surface area contributed by atoms with E-state index in [1.807, 2.05) is 38.1 Å². The molecular formula is C21H26N2O4. The molecular weight excluding hydrogens is 344 g/mol. The van der Waals surface area contributed by atoms with E-state index in [9.17, 15) is 9.59 Å². The topological polar surface area (TPSA) is 69.6 Å². The van der Waals surface area contributed by atoms with Crippen LogP contribution in [0.15, 0.2) is 47.4 Å². The van der Waals surface area contributed by atoms with Crippen molar-refractivity contribution < 1.29 is 14.3 Å². The maximum atomic E-state index is 12.0. The standard InChI is InChI=1S/C21H26N2O4/c1-21(2)14-16-8-7-9-17(20(16)27-21)26-15-18(24)22-11-4-6-13-23-12-5-3-10-19(23)25/h3,5,7-10,12H,4,6,11,13-15H2,1-2H3,(H,22,24). The van der Waals surface area contributed by atoms with Gasteiger partial charge in [0.2, 0.25) is 5.56 Å². The predicted molar refractivity (Wildman–Crippen MR) is 103 cm³/mol. The number of rotatable bonds is 8. The number of nitrogens with zero attached hydrogens (tertiary/aromatic N) is 1. The van der Waals surface area contributed by atoms with Crippen molar-refractivity contribution in [3.63, 3.8) is 0 Å². The quantitative estimate of drug-likeness (QED) is 0.725. The summed E-state index contributed by atoms with van der Waals surface area (Å²) in [7, 11) is 0. The van der Waals surface area contributed by atoms with E-state index in [0.29, 0.717) is 18.8 Å². The molecule has 0 saturated carbocycles. The zero-order chi connectivity index (χ0) is 19.3. The molecule has 6 heteroatoms. The number of amides is 1. The molecule has 27 heavy (non-hydrogen) atoms. The van der Waals surface area contributed by atoms with Gasteiger partial charge >= 0.3 is 0 Å². The highest BCUT2D eigenvalue weighted by Crippen LogP contribution is 2.41. The number of hydrogen-bond acceptors (Lipinski definition) is 4. The van der Waals surface area contributed by atoms with Crippen molar-refractivity contribution in [1.29, 1.82) is 0 Å². The Morgan fingerprint density at radius 1 is 1.22 bits per heavy atom. The molecule has 6 nitrogen and oxygen atoms in total. The monoisotopic (exact) mass is 370 g/mol. The zero-order valence-corrected chi connectivity index (χ0v) is 15.9. The number of para-hydroxylation sites is 1. The number of hydrogen-bond donors (Lipinski definition) is 1. The molecule has 2 aromatic rings. The van der Waals surface area contributed by atoms with Crippen LogP contribution in [-0.2, 0) is 17.8 Å². The van der Waals surface area contributed by atoms with E-state index in [1.165, 1.54) is 0 Å². The summed E-state index contributed by atoms with van der Waals surface area (Å²) in [5, 5.41) is 2.85. The molecule has 0 radical (unpaired) electrons. The second-order valence-electron chi connectivity index (χ2n) is 7.36. The van der Waals surface area contributed by atoms with Crippen LogP contribution in [0.1, 0.15) is 32.3 Å². The summed E-state index contributed by atoms with van der Waals surface area (Å²) in [6, 6.07) is 10.9. The van der Waals surface area contributed by atoms with Gasteiger partial charge in [-0.1, -0.05) is 18.2 Å². The fourth-order valence-corrected chi connectivity index (χ4v) is 3.18. The first-order valence-corrected chi connectivity index (χ1v) is 9.30. The number of ether oxygens (including phenoxy) is 2. The largest absolute Gasteiger partial charge is 0.483 e. The van der Waals surface area contributed by atoms with Crippen LogP contribution in [-0.4, -0.2) is 29.2 Å². The van der Waals surface area contributed by atoms with Crippen LogP contribution in [0, 0.1) is 0 Å². The van der Waals surface area contributed by atoms with E-state index in [0.717, 1.165) is 30.6 Å². The number of pyridine rings is 1. The summed E-state index contributed by atoms with van der Waals surface area (Å²) in [6.45, 7) is 5.23. The van der Waals surface area contributed by atoms with E-state index < -0.39 is 0 Å². The third-order valence-corrected chi connectivity index (χ3v) is 4.46. The van der Waals surface area contributed by atoms with Gasteiger partial charge in [-0.15, -0.1) is 0 Å². The average molecular weight is 370 g/mol. The lowest BCUT2D eigenvalue weighted by Gasteiger charge is -2.18. The van der Waals surface area contributed by atoms with Crippen LogP contribution in [0.3, 0.4) is 0 Å². The summed E-state index contributed by atoms with van der Waals surface area (Å²) in [5.41, 5.74) is 0.856. The fraction of sp³-hybridized carbons (Fsp3) is 0.429. The van der Waals surface area contributed by atoms with Gasteiger partial charge < -0.3 is 19.4 Å². The smallest absolute Gasteiger partial charge is 0.257 e. The van der Waals surface area contributed by atoms with Crippen molar-refractivity contribution in [1.82, 2.24) is 9.88 Å². The molecule has 1 aromatic carbocycles. The van der Waals surface area contributed by atoms with E-state index >= 15 is 0 Å². The minimum absolute atomic E-state index is 0.00396. The number of nitrogens with one attached hydrogen (secondary N) is 1. The van der Waals surface area contributed by atoms with Crippen molar-refractivity contribution in [3.8, 4) is 11.5 Å². The summed E-state index contributed by atoms with van der Waals surface area (Å²) >= 11 is 0. The van der Waals surface area contributed by atoms with Gasteiger partial charge in [0.1, 0.15) is 5.60 Å². The molecule has 3 rings (SSSR count). The Hall–Kier alpha value is -2.76. The third kappa shape index (κ3) is 5.12. The Labute approximate surface area is 159 Å². The molecule has 0 fully saturated rings. The molecule has 2 heterocycles. The zero-order valence-electron chi connectivity index (χ0n) is 15.9. The Bertz CT molecular complexity index is 857. The fourth-order valence-electron chi connectivity index (χ4n) is 3.18. The number of unbranched alkanes of at least 4 members (excludes halogenated alkanes) is 1. The minimum atomic E-state index is -0.245. The number of aryl methyl sites for hydroxylation is 1. The van der Waals surface area contributed by atoms with E-state index in [-0.39, 0.29) is 23.7 Å². The molecule has 1 aromatic heterocycles. The van der Waals surface area contributed by atoms with Gasteiger partial charge in [-0.3, -0.25) is 9.59 Å². The molecule has 1 aliphatic heterocycles. The number of carbonyl (C=O) groups excluding carboxylic acids is 1. The minimum Gasteiger partial charge on any atom is -0.483 e. The Balaban J connectivity index is 1.38. The van der Waals surface area contributed by atoms with Crippen molar-refractivity contribution in [2.75, 3.05) is 13.2 Å². The highest BCUT2D eigenvalue weighted by molar-refractivity contribution is 5.77. The Morgan fingerprint density at radius 2 is 2.07 bits per heavy atom. The number of benzene rings is 1. The summed E-state index contributed by atoms with van der Waals surface area (Å²) < 4.78 is 13.3. The lowest BCUT2D eigenvalue weighted by atomic mass is 10.0. The highest BCUT2D eigenvalue weighted by Gasteiger charge is 2.32. The van der Waals surface area contributed by atoms with Crippen molar-refractivity contribution in [2.45, 2.75) is 45.3 Å². The molecule has 0 aliphatic carbocycles. The number of fused-ring (bicyclic) bond motifs is 1. The normalized spacial score (nSPS) is 14.3. The lowest BCUT2D eigenvalue weighted by molar-refractivity contribution is -0.123. The van der Waals surface area contributed by atoms with Gasteiger partial charge in [0.25, 0.3) is 5.91 Å². The van der Waals surface area contributed by atoms with Gasteiger partial charge in [0.05, 0.1) is 0 Å². The van der Waals surface area contributed by atoms with Crippen LogP contribution < -0.4 is 20.3 Å². The molecule has 1 aliphatic rings. The summed E-state index contributed by atoms with van der Waals surface area (Å²) in [4.78, 5) is 23.6. The molecule has 144 valence electrons. The molecule has 0 spiro atoms. The SMILES string of the molecule is CC1(C)Cc2cccc(OCC(=O)NCCCCn3ccccc3=O)c2O1. The van der Waals surface area contributed by atoms with Crippen molar-refractivity contribution in [3.05, 3.63) is 58.5 Å². The van der Waals surface area contributed by atoms with Crippen molar-refractivity contribution >= 4 is 5.91 Å². The van der Waals surface area contributed by atoms with E-state index in [1.54, 1.807) is 22.9 Å². The Morgan fingerprint density at radius 3 is 2.89 bits per heavy atom. The van der Waals surface area contributed by atoms with Gasteiger partial charge in [-0.25, -0.2) is 0 Å². The van der Waals surface area contributed by atoms with Crippen LogP contribution in [0.25, 0.3) is 0 Å². The van der Waals surface area contributed by atoms with E-state index in [4.69, 9.17) is 9.47 Å². The molecule has 1 amide bonds. The third-order valence-electron chi connectivity index (χ3n) is 4.46. The molecule has 0 saturated heterocycles. The predicted octanol–water partition coefficient (Wildman–Crippen LogP) is 2.54. The molecule has 1 N–H and O–H groups in total. The van der Waals surface area contributed by atoms with Crippen LogP contribution >= 0.6 is 0 Å². The number of carbonyl (C=O) groups is 1. The maximum Gasteiger partial charge on any atom is 0.257 e. The number of aromatic nitrogens is 1. The van der Waals surface area contributed by atoms with Gasteiger partial charge in [-0.2, -0.15) is 0 Å². The van der Waals surface area contributed by atoms with Crippen LogP contribution in [0.4, 0.5) is 0 Å². The summed E-state index contributed by atoms with van der Waals surface area (Å²) in [6.07, 6.45) is 4.22. The average Bonchev–Trinajstić information content (AvgIpc) is 2.95. The summed E-state index contributed by atoms with van der Waals surface area (Å²) in [5.74, 6) is 1.18.